The molecule has 0 radical (unpaired) electrons. The van der Waals surface area contributed by atoms with Crippen molar-refractivity contribution in [3.63, 3.8) is 0 Å². The third kappa shape index (κ3) is 5.74. The first-order chi connectivity index (χ1) is 14.7. The van der Waals surface area contributed by atoms with E-state index in [1.807, 2.05) is 20.8 Å². The maximum atomic E-state index is 12.9. The van der Waals surface area contributed by atoms with Crippen molar-refractivity contribution in [2.75, 3.05) is 18.4 Å². The molecule has 10 heteroatoms. The van der Waals surface area contributed by atoms with Gasteiger partial charge in [0.1, 0.15) is 23.4 Å². The van der Waals surface area contributed by atoms with Gasteiger partial charge in [-0.1, -0.05) is 32.4 Å². The molecule has 0 aromatic carbocycles. The normalized spacial score (nSPS) is 20.5. The molecule has 2 atom stereocenters. The summed E-state index contributed by atoms with van der Waals surface area (Å²) in [6, 6.07) is -0.0740. The Kier molecular flexibility index (Phi) is 6.84. The van der Waals surface area contributed by atoms with Crippen molar-refractivity contribution in [3.05, 3.63) is 17.5 Å². The van der Waals surface area contributed by atoms with Gasteiger partial charge in [-0.25, -0.2) is 14.8 Å². The highest BCUT2D eigenvalue weighted by Crippen LogP contribution is 2.38. The summed E-state index contributed by atoms with van der Waals surface area (Å²) in [4.78, 5) is 26.4. The summed E-state index contributed by atoms with van der Waals surface area (Å²) >= 11 is 6.36. The van der Waals surface area contributed by atoms with Gasteiger partial charge in [0.15, 0.2) is 8.32 Å². The van der Waals surface area contributed by atoms with Crippen LogP contribution in [0.15, 0.2) is 12.5 Å². The monoisotopic (exact) mass is 481 g/mol. The second-order valence-electron chi connectivity index (χ2n) is 11.0. The average molecular weight is 482 g/mol. The van der Waals surface area contributed by atoms with Crippen LogP contribution < -0.4 is 5.32 Å². The molecule has 2 N–H and O–H groups in total. The molecule has 1 aliphatic rings. The standard InChI is InChI=1S/C22H36ClN5O3Si/c1-21(2,3)30-20(29)28-11-14(9-15(12-28)31-32(7,8)22(4,5)6)27-19-17-16(23)10-24-18(17)25-13-26-19/h10,13-15H,9,11-12H2,1-8H3,(H2,24,25,26,27)/t14-,15-/m1/s1. The predicted octanol–water partition coefficient (Wildman–Crippen LogP) is 5.42. The Morgan fingerprint density at radius 1 is 1.22 bits per heavy atom. The zero-order valence-corrected chi connectivity index (χ0v) is 22.1. The van der Waals surface area contributed by atoms with Gasteiger partial charge in [-0.05, 0) is 45.3 Å². The van der Waals surface area contributed by atoms with Gasteiger partial charge in [-0.15, -0.1) is 0 Å². The maximum absolute atomic E-state index is 12.9. The first kappa shape index (κ1) is 24.8. The van der Waals surface area contributed by atoms with Gasteiger partial charge in [0.25, 0.3) is 0 Å². The zero-order chi connectivity index (χ0) is 23.9. The largest absolute Gasteiger partial charge is 0.444 e. The first-order valence-electron chi connectivity index (χ1n) is 11.1. The molecule has 1 saturated heterocycles. The van der Waals surface area contributed by atoms with Gasteiger partial charge in [0, 0.05) is 25.3 Å². The van der Waals surface area contributed by atoms with Crippen molar-refractivity contribution >= 4 is 42.9 Å². The Balaban J connectivity index is 1.85. The molecular formula is C22H36ClN5O3Si. The van der Waals surface area contributed by atoms with Gasteiger partial charge in [0.05, 0.1) is 16.5 Å². The fraction of sp³-hybridized carbons (Fsp3) is 0.682. The van der Waals surface area contributed by atoms with Crippen LogP contribution in [0.4, 0.5) is 10.6 Å². The zero-order valence-electron chi connectivity index (χ0n) is 20.4. The highest BCUT2D eigenvalue weighted by molar-refractivity contribution is 6.74. The molecule has 2 aromatic heterocycles. The summed E-state index contributed by atoms with van der Waals surface area (Å²) in [6.45, 7) is 17.7. The average Bonchev–Trinajstić information content (AvgIpc) is 3.01. The molecule has 0 saturated carbocycles. The molecule has 0 unspecified atom stereocenters. The number of hydrogen-bond donors (Lipinski definition) is 2. The second-order valence-corrected chi connectivity index (χ2v) is 16.2. The van der Waals surface area contributed by atoms with Gasteiger partial charge in [0.2, 0.25) is 0 Å². The topological polar surface area (TPSA) is 92.4 Å². The summed E-state index contributed by atoms with van der Waals surface area (Å²) in [7, 11) is -2.03. The lowest BCUT2D eigenvalue weighted by atomic mass is 10.0. The number of amides is 1. The van der Waals surface area contributed by atoms with Crippen molar-refractivity contribution in [3.8, 4) is 0 Å². The van der Waals surface area contributed by atoms with E-state index in [2.05, 4.69) is 54.1 Å². The van der Waals surface area contributed by atoms with E-state index in [9.17, 15) is 4.79 Å². The Labute approximate surface area is 196 Å². The molecule has 0 aliphatic carbocycles. The van der Waals surface area contributed by atoms with Crippen LogP contribution in [0.1, 0.15) is 48.0 Å². The fourth-order valence-electron chi connectivity index (χ4n) is 3.54. The van der Waals surface area contributed by atoms with Gasteiger partial charge >= 0.3 is 6.09 Å². The third-order valence-corrected chi connectivity index (χ3v) is 10.9. The number of nitrogens with zero attached hydrogens (tertiary/aromatic N) is 3. The van der Waals surface area contributed by atoms with Gasteiger partial charge < -0.3 is 24.4 Å². The van der Waals surface area contributed by atoms with E-state index in [4.69, 9.17) is 20.8 Å². The Bertz CT molecular complexity index is 967. The van der Waals surface area contributed by atoms with Crippen LogP contribution in [0.5, 0.6) is 0 Å². The molecule has 2 aromatic rings. The minimum Gasteiger partial charge on any atom is -0.444 e. The number of aromatic nitrogens is 3. The minimum absolute atomic E-state index is 0.0710. The number of hydrogen-bond acceptors (Lipinski definition) is 6. The van der Waals surface area contributed by atoms with Crippen molar-refractivity contribution in [1.29, 1.82) is 0 Å². The number of ether oxygens (including phenoxy) is 1. The van der Waals surface area contributed by atoms with Crippen LogP contribution in [-0.2, 0) is 9.16 Å². The lowest BCUT2D eigenvalue weighted by molar-refractivity contribution is 0.00391. The number of aromatic amines is 1. The lowest BCUT2D eigenvalue weighted by Gasteiger charge is -2.44. The van der Waals surface area contributed by atoms with Crippen molar-refractivity contribution in [2.24, 2.45) is 0 Å². The molecule has 32 heavy (non-hydrogen) atoms. The van der Waals surface area contributed by atoms with E-state index in [1.165, 1.54) is 6.33 Å². The highest BCUT2D eigenvalue weighted by Gasteiger charge is 2.42. The number of H-pyrrole nitrogens is 1. The Morgan fingerprint density at radius 3 is 2.53 bits per heavy atom. The molecule has 3 heterocycles. The van der Waals surface area contributed by atoms with Crippen LogP contribution in [0.3, 0.4) is 0 Å². The number of fused-ring (bicyclic) bond motifs is 1. The van der Waals surface area contributed by atoms with Crippen LogP contribution >= 0.6 is 11.6 Å². The summed E-state index contributed by atoms with van der Waals surface area (Å²) in [6.07, 6.45) is 3.51. The van der Waals surface area contributed by atoms with Gasteiger partial charge in [-0.3, -0.25) is 0 Å². The van der Waals surface area contributed by atoms with E-state index < -0.39 is 13.9 Å². The first-order valence-corrected chi connectivity index (χ1v) is 14.3. The third-order valence-electron chi connectivity index (χ3n) is 6.09. The molecule has 178 valence electrons. The van der Waals surface area contributed by atoms with Crippen LogP contribution in [-0.4, -0.2) is 65.1 Å². The smallest absolute Gasteiger partial charge is 0.410 e. The quantitative estimate of drug-likeness (QED) is 0.566. The number of nitrogens with one attached hydrogen (secondary N) is 2. The number of rotatable bonds is 4. The van der Waals surface area contributed by atoms with Crippen LogP contribution in [0.2, 0.25) is 23.2 Å². The molecule has 0 bridgehead atoms. The summed E-state index contributed by atoms with van der Waals surface area (Å²) in [5.41, 5.74) is 0.103. The molecule has 1 aliphatic heterocycles. The van der Waals surface area contributed by atoms with E-state index in [1.54, 1.807) is 11.1 Å². The van der Waals surface area contributed by atoms with Crippen molar-refractivity contribution in [1.82, 2.24) is 19.9 Å². The summed E-state index contributed by atoms with van der Waals surface area (Å²) in [5, 5.41) is 4.85. The second kappa shape index (κ2) is 8.83. The summed E-state index contributed by atoms with van der Waals surface area (Å²) < 4.78 is 12.4. The fourth-order valence-corrected chi connectivity index (χ4v) is 5.13. The Morgan fingerprint density at radius 2 is 1.91 bits per heavy atom. The van der Waals surface area contributed by atoms with Crippen LogP contribution in [0.25, 0.3) is 11.0 Å². The molecule has 0 spiro atoms. The van der Waals surface area contributed by atoms with E-state index >= 15 is 0 Å². The van der Waals surface area contributed by atoms with E-state index in [0.29, 0.717) is 29.6 Å². The van der Waals surface area contributed by atoms with Gasteiger partial charge in [-0.2, -0.15) is 0 Å². The van der Waals surface area contributed by atoms with E-state index in [-0.39, 0.29) is 23.3 Å². The molecule has 8 nitrogen and oxygen atoms in total. The SMILES string of the molecule is CC(C)(C)OC(=O)N1C[C@H](Nc2ncnc3[nH]cc(Cl)c23)C[C@@H](O[Si](C)(C)C(C)(C)C)C1. The number of carbonyl (C=O) groups excluding carboxylic acids is 1. The number of piperidine rings is 1. The Hall–Kier alpha value is -1.84. The molecule has 1 fully saturated rings. The summed E-state index contributed by atoms with van der Waals surface area (Å²) in [5.74, 6) is 0.642. The van der Waals surface area contributed by atoms with E-state index in [0.717, 1.165) is 11.8 Å². The minimum atomic E-state index is -2.03. The predicted molar refractivity (Wildman–Crippen MR) is 131 cm³/mol. The molecule has 3 rings (SSSR count). The molecule has 1 amide bonds. The number of anilines is 1. The molecular weight excluding hydrogens is 446 g/mol. The van der Waals surface area contributed by atoms with Crippen molar-refractivity contribution in [2.45, 2.75) is 83.8 Å². The maximum Gasteiger partial charge on any atom is 0.410 e. The van der Waals surface area contributed by atoms with Crippen molar-refractivity contribution < 1.29 is 14.0 Å². The van der Waals surface area contributed by atoms with Crippen LogP contribution in [0, 0.1) is 0 Å². The lowest BCUT2D eigenvalue weighted by Crippen LogP contribution is -2.56. The highest BCUT2D eigenvalue weighted by atomic mass is 35.5. The number of carbonyl (C=O) groups is 1. The number of halogens is 1. The number of likely N-dealkylation sites (tertiary alicyclic amines) is 1.